The number of ether oxygens (including phenoxy) is 2. The third-order valence-electron chi connectivity index (χ3n) is 5.45. The van der Waals surface area contributed by atoms with E-state index in [1.807, 2.05) is 18.7 Å². The van der Waals surface area contributed by atoms with Crippen molar-refractivity contribution in [2.45, 2.75) is 39.5 Å². The summed E-state index contributed by atoms with van der Waals surface area (Å²) in [6, 6.07) is 5.25. The lowest BCUT2D eigenvalue weighted by Crippen LogP contribution is -2.42. The molecule has 6 nitrogen and oxygen atoms in total. The van der Waals surface area contributed by atoms with E-state index in [1.54, 1.807) is 32.4 Å². The Kier molecular flexibility index (Phi) is 7.95. The predicted octanol–water partition coefficient (Wildman–Crippen LogP) is 3.11. The lowest BCUT2D eigenvalue weighted by molar-refractivity contribution is -0.125. The molecule has 0 aromatic heterocycles. The average Bonchev–Trinajstić information content (AvgIpc) is 2.72. The smallest absolute Gasteiger partial charge is 0.253 e. The number of hydrogen-bond acceptors (Lipinski definition) is 4. The summed E-state index contributed by atoms with van der Waals surface area (Å²) in [5, 5.41) is 3.08. The van der Waals surface area contributed by atoms with E-state index >= 15 is 0 Å². The van der Waals surface area contributed by atoms with Crippen LogP contribution in [0.4, 0.5) is 0 Å². The van der Waals surface area contributed by atoms with Gasteiger partial charge in [0.1, 0.15) is 0 Å². The molecule has 1 aliphatic rings. The minimum absolute atomic E-state index is 0.00969. The van der Waals surface area contributed by atoms with Gasteiger partial charge in [-0.05, 0) is 49.8 Å². The van der Waals surface area contributed by atoms with Gasteiger partial charge < -0.3 is 19.7 Å². The van der Waals surface area contributed by atoms with Gasteiger partial charge in [0.25, 0.3) is 5.91 Å². The molecule has 1 aliphatic heterocycles. The Labute approximate surface area is 162 Å². The quantitative estimate of drug-likeness (QED) is 0.757. The summed E-state index contributed by atoms with van der Waals surface area (Å²) >= 11 is 0. The molecule has 1 aromatic carbocycles. The van der Waals surface area contributed by atoms with Gasteiger partial charge in [-0.3, -0.25) is 9.59 Å². The molecule has 27 heavy (non-hydrogen) atoms. The van der Waals surface area contributed by atoms with Gasteiger partial charge in [0, 0.05) is 31.1 Å². The van der Waals surface area contributed by atoms with Crippen LogP contribution in [-0.2, 0) is 4.79 Å². The number of carbonyl (C=O) groups excluding carboxylic acids is 2. The molecule has 6 heteroatoms. The first kappa shape index (κ1) is 21.1. The van der Waals surface area contributed by atoms with Crippen molar-refractivity contribution in [2.24, 2.45) is 11.8 Å². The molecule has 150 valence electrons. The highest BCUT2D eigenvalue weighted by Crippen LogP contribution is 2.28. The van der Waals surface area contributed by atoms with E-state index < -0.39 is 0 Å². The molecular formula is C21H32N2O4. The van der Waals surface area contributed by atoms with E-state index in [-0.39, 0.29) is 17.7 Å². The Morgan fingerprint density at radius 3 is 2.30 bits per heavy atom. The van der Waals surface area contributed by atoms with E-state index in [2.05, 4.69) is 5.32 Å². The normalized spacial score (nSPS) is 14.9. The Hall–Kier alpha value is -2.24. The van der Waals surface area contributed by atoms with Crippen LogP contribution in [0.5, 0.6) is 11.5 Å². The maximum absolute atomic E-state index is 12.8. The Bertz CT molecular complexity index is 635. The van der Waals surface area contributed by atoms with Crippen LogP contribution in [-0.4, -0.2) is 50.6 Å². The summed E-state index contributed by atoms with van der Waals surface area (Å²) in [4.78, 5) is 26.8. The molecule has 1 fully saturated rings. The van der Waals surface area contributed by atoms with Gasteiger partial charge in [-0.15, -0.1) is 0 Å². The Morgan fingerprint density at radius 1 is 1.11 bits per heavy atom. The highest BCUT2D eigenvalue weighted by molar-refractivity contribution is 5.95. The van der Waals surface area contributed by atoms with Crippen molar-refractivity contribution >= 4 is 11.8 Å². The number of rotatable bonds is 8. The predicted molar refractivity (Wildman–Crippen MR) is 105 cm³/mol. The minimum atomic E-state index is 0.00969. The minimum Gasteiger partial charge on any atom is -0.493 e. The van der Waals surface area contributed by atoms with E-state index in [0.717, 1.165) is 25.7 Å². The van der Waals surface area contributed by atoms with Crippen LogP contribution in [0, 0.1) is 11.8 Å². The van der Waals surface area contributed by atoms with E-state index in [4.69, 9.17) is 9.47 Å². The summed E-state index contributed by atoms with van der Waals surface area (Å²) in [6.45, 7) is 6.21. The van der Waals surface area contributed by atoms with Crippen LogP contribution in [0.25, 0.3) is 0 Å². The molecule has 0 aliphatic carbocycles. The number of hydrogen-bond donors (Lipinski definition) is 1. The third kappa shape index (κ3) is 5.37. The summed E-state index contributed by atoms with van der Waals surface area (Å²) in [6.07, 6.45) is 3.56. The summed E-state index contributed by atoms with van der Waals surface area (Å²) < 4.78 is 10.5. The fourth-order valence-corrected chi connectivity index (χ4v) is 3.54. The maximum atomic E-state index is 12.8. The maximum Gasteiger partial charge on any atom is 0.253 e. The molecule has 1 aromatic rings. The van der Waals surface area contributed by atoms with Crippen LogP contribution in [0.1, 0.15) is 49.9 Å². The zero-order valence-corrected chi connectivity index (χ0v) is 16.9. The number of nitrogens with one attached hydrogen (secondary N) is 1. The van der Waals surface area contributed by atoms with E-state index in [1.165, 1.54) is 0 Å². The van der Waals surface area contributed by atoms with Crippen molar-refractivity contribution < 1.29 is 19.1 Å². The average molecular weight is 376 g/mol. The van der Waals surface area contributed by atoms with E-state index in [9.17, 15) is 9.59 Å². The van der Waals surface area contributed by atoms with Crippen LogP contribution in [0.2, 0.25) is 0 Å². The Morgan fingerprint density at radius 2 is 1.74 bits per heavy atom. The topological polar surface area (TPSA) is 67.9 Å². The van der Waals surface area contributed by atoms with Crippen molar-refractivity contribution in [3.05, 3.63) is 23.8 Å². The molecule has 0 saturated carbocycles. The number of nitrogens with zero attached hydrogens (tertiary/aromatic N) is 1. The van der Waals surface area contributed by atoms with Gasteiger partial charge in [0.15, 0.2) is 11.5 Å². The number of carbonyl (C=O) groups is 2. The third-order valence-corrected chi connectivity index (χ3v) is 5.45. The lowest BCUT2D eigenvalue weighted by atomic mass is 9.95. The molecule has 1 saturated heterocycles. The van der Waals surface area contributed by atoms with Crippen molar-refractivity contribution in [3.63, 3.8) is 0 Å². The zero-order valence-electron chi connectivity index (χ0n) is 16.9. The SMILES string of the molecule is CCC(CC)C(=O)NCC1CCN(C(=O)c2ccc(OC)c(OC)c2)CC1. The van der Waals surface area contributed by atoms with Gasteiger partial charge in [-0.2, -0.15) is 0 Å². The first-order chi connectivity index (χ1) is 13.0. The highest BCUT2D eigenvalue weighted by atomic mass is 16.5. The van der Waals surface area contributed by atoms with Crippen molar-refractivity contribution in [2.75, 3.05) is 33.9 Å². The van der Waals surface area contributed by atoms with Crippen molar-refractivity contribution in [1.29, 1.82) is 0 Å². The van der Waals surface area contributed by atoms with Crippen molar-refractivity contribution in [1.82, 2.24) is 10.2 Å². The molecule has 0 radical (unpaired) electrons. The first-order valence-electron chi connectivity index (χ1n) is 9.82. The number of likely N-dealkylation sites (tertiary alicyclic amines) is 1. The zero-order chi connectivity index (χ0) is 19.8. The number of piperidine rings is 1. The molecule has 1 heterocycles. The summed E-state index contributed by atoms with van der Waals surface area (Å²) in [5.74, 6) is 1.87. The summed E-state index contributed by atoms with van der Waals surface area (Å²) in [7, 11) is 3.14. The second-order valence-corrected chi connectivity index (χ2v) is 7.06. The Balaban J connectivity index is 1.86. The van der Waals surface area contributed by atoms with Crippen LogP contribution in [0.15, 0.2) is 18.2 Å². The molecule has 0 bridgehead atoms. The molecule has 0 spiro atoms. The van der Waals surface area contributed by atoms with Gasteiger partial charge >= 0.3 is 0 Å². The number of methoxy groups -OCH3 is 2. The molecule has 0 atom stereocenters. The number of benzene rings is 1. The lowest BCUT2D eigenvalue weighted by Gasteiger charge is -2.32. The molecular weight excluding hydrogens is 344 g/mol. The molecule has 1 N–H and O–H groups in total. The largest absolute Gasteiger partial charge is 0.493 e. The van der Waals surface area contributed by atoms with Crippen molar-refractivity contribution in [3.8, 4) is 11.5 Å². The highest BCUT2D eigenvalue weighted by Gasteiger charge is 2.25. The van der Waals surface area contributed by atoms with Gasteiger partial charge in [0.05, 0.1) is 14.2 Å². The van der Waals surface area contributed by atoms with Crippen LogP contribution in [0.3, 0.4) is 0 Å². The number of amides is 2. The standard InChI is InChI=1S/C21H32N2O4/c1-5-16(6-2)20(24)22-14-15-9-11-23(12-10-15)21(25)17-7-8-18(26-3)19(13-17)27-4/h7-8,13,15-16H,5-6,9-12,14H2,1-4H3,(H,22,24). The fourth-order valence-electron chi connectivity index (χ4n) is 3.54. The van der Waals surface area contributed by atoms with Gasteiger partial charge in [-0.25, -0.2) is 0 Å². The van der Waals surface area contributed by atoms with Crippen LogP contribution < -0.4 is 14.8 Å². The second kappa shape index (κ2) is 10.2. The van der Waals surface area contributed by atoms with Gasteiger partial charge in [0.2, 0.25) is 5.91 Å². The van der Waals surface area contributed by atoms with Crippen LogP contribution >= 0.6 is 0 Å². The second-order valence-electron chi connectivity index (χ2n) is 7.06. The molecule has 0 unspecified atom stereocenters. The molecule has 2 amide bonds. The van der Waals surface area contributed by atoms with E-state index in [0.29, 0.717) is 42.6 Å². The first-order valence-corrected chi connectivity index (χ1v) is 9.82. The van der Waals surface area contributed by atoms with Gasteiger partial charge in [-0.1, -0.05) is 13.8 Å². The monoisotopic (exact) mass is 376 g/mol. The fraction of sp³-hybridized carbons (Fsp3) is 0.619. The molecule has 2 rings (SSSR count). The summed E-state index contributed by atoms with van der Waals surface area (Å²) in [5.41, 5.74) is 0.605.